The van der Waals surface area contributed by atoms with E-state index in [1.165, 1.54) is 7.11 Å². The Labute approximate surface area is 206 Å². The monoisotopic (exact) mass is 520 g/mol. The minimum Gasteiger partial charge on any atom is -0.503 e. The average molecular weight is 521 g/mol. The summed E-state index contributed by atoms with van der Waals surface area (Å²) < 4.78 is 11.2. The molecular weight excluding hydrogens is 496 g/mol. The van der Waals surface area contributed by atoms with Gasteiger partial charge in [-0.2, -0.15) is 0 Å². The van der Waals surface area contributed by atoms with E-state index in [2.05, 4.69) is 26.6 Å². The number of para-hydroxylation sites is 2. The number of fused-ring (bicyclic) bond motifs is 1. The number of phenolic OH excluding ortho intramolecular Hbond substituents is 1. The van der Waals surface area contributed by atoms with Crippen LogP contribution in [0, 0.1) is 0 Å². The molecule has 0 bridgehead atoms. The van der Waals surface area contributed by atoms with Crippen LogP contribution < -0.4 is 20.1 Å². The maximum atomic E-state index is 13.7. The number of hydrogen-bond acceptors (Lipinski definition) is 6. The van der Waals surface area contributed by atoms with Crippen molar-refractivity contribution >= 4 is 33.1 Å². The summed E-state index contributed by atoms with van der Waals surface area (Å²) in [7, 11) is 3.16. The molecule has 0 aromatic heterocycles. The number of allylic oxidation sites excluding steroid dienone is 1. The van der Waals surface area contributed by atoms with Crippen molar-refractivity contribution in [3.8, 4) is 17.2 Å². The van der Waals surface area contributed by atoms with E-state index in [-0.39, 0.29) is 17.5 Å². The number of Topliss-reactive ketones (excluding diaryl/α,β-unsaturated/α-hetero) is 1. The number of ketones is 1. The molecule has 7 heteroatoms. The predicted octanol–water partition coefficient (Wildman–Crippen LogP) is 6.15. The van der Waals surface area contributed by atoms with Gasteiger partial charge >= 0.3 is 0 Å². The topological polar surface area (TPSA) is 79.8 Å². The van der Waals surface area contributed by atoms with Crippen molar-refractivity contribution in [3.63, 3.8) is 0 Å². The molecule has 34 heavy (non-hydrogen) atoms. The number of halogens is 1. The van der Waals surface area contributed by atoms with E-state index < -0.39 is 6.04 Å². The number of ether oxygens (including phenoxy) is 2. The fourth-order valence-corrected chi connectivity index (χ4v) is 5.23. The second-order valence-electron chi connectivity index (χ2n) is 8.50. The summed E-state index contributed by atoms with van der Waals surface area (Å²) in [6, 6.07) is 19.1. The summed E-state index contributed by atoms with van der Waals surface area (Å²) in [5, 5.41) is 17.4. The third-order valence-corrected chi connectivity index (χ3v) is 7.10. The number of methoxy groups -OCH3 is 2. The van der Waals surface area contributed by atoms with Gasteiger partial charge in [-0.05, 0) is 75.8 Å². The molecule has 0 fully saturated rings. The molecule has 0 amide bonds. The van der Waals surface area contributed by atoms with E-state index in [1.807, 2.05) is 54.6 Å². The lowest BCUT2D eigenvalue weighted by Gasteiger charge is -2.30. The molecule has 2 aliphatic rings. The molecule has 0 spiro atoms. The smallest absolute Gasteiger partial charge is 0.172 e. The van der Waals surface area contributed by atoms with Gasteiger partial charge < -0.3 is 25.2 Å². The Bertz CT molecular complexity index is 1290. The number of phenols is 1. The van der Waals surface area contributed by atoms with E-state index in [1.54, 1.807) is 13.2 Å². The number of rotatable bonds is 4. The van der Waals surface area contributed by atoms with Gasteiger partial charge in [-0.1, -0.05) is 24.3 Å². The number of carbonyl (C=O) groups excluding carboxylic acids is 1. The zero-order chi connectivity index (χ0) is 23.8. The van der Waals surface area contributed by atoms with Gasteiger partial charge in [0.25, 0.3) is 0 Å². The first-order valence-corrected chi connectivity index (χ1v) is 11.9. The van der Waals surface area contributed by atoms with Crippen LogP contribution in [-0.2, 0) is 4.79 Å². The van der Waals surface area contributed by atoms with E-state index in [4.69, 9.17) is 9.47 Å². The third-order valence-electron chi connectivity index (χ3n) is 6.50. The molecule has 174 valence electrons. The molecule has 6 nitrogen and oxygen atoms in total. The van der Waals surface area contributed by atoms with Crippen LogP contribution in [-0.4, -0.2) is 25.1 Å². The van der Waals surface area contributed by atoms with Gasteiger partial charge in [-0.3, -0.25) is 4.79 Å². The molecule has 5 rings (SSSR count). The Morgan fingerprint density at radius 3 is 2.38 bits per heavy atom. The molecule has 3 aromatic rings. The van der Waals surface area contributed by atoms with Crippen LogP contribution in [0.5, 0.6) is 17.2 Å². The highest BCUT2D eigenvalue weighted by atomic mass is 79.9. The first kappa shape index (κ1) is 22.3. The van der Waals surface area contributed by atoms with Crippen molar-refractivity contribution < 1.29 is 19.4 Å². The first-order chi connectivity index (χ1) is 16.5. The first-order valence-electron chi connectivity index (χ1n) is 11.1. The normalized spacial score (nSPS) is 19.3. The SMILES string of the molecule is COc1ccc(C2CC(=O)C3=C(C2)Nc2ccccc2NC3c2cc(Br)c(O)c(OC)c2)cc1. The molecule has 2 atom stereocenters. The Morgan fingerprint density at radius 2 is 1.68 bits per heavy atom. The zero-order valence-corrected chi connectivity index (χ0v) is 20.5. The Hall–Kier alpha value is -3.45. The number of nitrogens with one attached hydrogen (secondary N) is 2. The summed E-state index contributed by atoms with van der Waals surface area (Å²) >= 11 is 3.43. The summed E-state index contributed by atoms with van der Waals surface area (Å²) in [6.07, 6.45) is 1.12. The van der Waals surface area contributed by atoms with Crippen molar-refractivity contribution in [2.45, 2.75) is 24.8 Å². The van der Waals surface area contributed by atoms with Crippen molar-refractivity contribution in [1.29, 1.82) is 0 Å². The summed E-state index contributed by atoms with van der Waals surface area (Å²) in [5.74, 6) is 1.32. The van der Waals surface area contributed by atoms with Gasteiger partial charge in [0.2, 0.25) is 0 Å². The van der Waals surface area contributed by atoms with Crippen molar-refractivity contribution in [3.05, 3.63) is 87.5 Å². The number of hydrogen-bond donors (Lipinski definition) is 3. The van der Waals surface area contributed by atoms with Crippen LogP contribution in [0.15, 0.2) is 76.4 Å². The van der Waals surface area contributed by atoms with Crippen molar-refractivity contribution in [1.82, 2.24) is 0 Å². The lowest BCUT2D eigenvalue weighted by Crippen LogP contribution is -2.27. The van der Waals surface area contributed by atoms with Gasteiger partial charge in [0.05, 0.1) is 36.1 Å². The fraction of sp³-hybridized carbons (Fsp3) is 0.222. The van der Waals surface area contributed by atoms with Crippen LogP contribution in [0.25, 0.3) is 0 Å². The maximum absolute atomic E-state index is 13.7. The zero-order valence-electron chi connectivity index (χ0n) is 18.9. The fourth-order valence-electron chi connectivity index (χ4n) is 4.77. The number of anilines is 2. The molecule has 0 radical (unpaired) electrons. The molecular formula is C27H25BrN2O4. The van der Waals surface area contributed by atoms with E-state index in [9.17, 15) is 9.90 Å². The minimum atomic E-state index is -0.402. The second-order valence-corrected chi connectivity index (χ2v) is 9.35. The lowest BCUT2D eigenvalue weighted by atomic mass is 9.78. The van der Waals surface area contributed by atoms with Gasteiger partial charge in [-0.15, -0.1) is 0 Å². The summed E-state index contributed by atoms with van der Waals surface area (Å²) in [5.41, 5.74) is 5.37. The number of carbonyl (C=O) groups is 1. The van der Waals surface area contributed by atoms with E-state index in [0.717, 1.165) is 33.9 Å². The van der Waals surface area contributed by atoms with Gasteiger partial charge in [0.15, 0.2) is 17.3 Å². The number of benzene rings is 3. The molecule has 3 N–H and O–H groups in total. The van der Waals surface area contributed by atoms with Crippen LogP contribution in [0.4, 0.5) is 11.4 Å². The number of aromatic hydroxyl groups is 1. The Morgan fingerprint density at radius 1 is 0.941 bits per heavy atom. The summed E-state index contributed by atoms with van der Waals surface area (Å²) in [4.78, 5) is 13.7. The standard InChI is InChI=1S/C27H25BrN2O4/c1-33-18-9-7-15(8-10-18)16-12-22-25(23(31)13-16)26(30-21-6-4-3-5-20(21)29-22)17-11-19(28)27(32)24(14-17)34-2/h3-11,14,16,26,29-30,32H,12-13H2,1-2H3. The highest BCUT2D eigenvalue weighted by molar-refractivity contribution is 9.10. The molecule has 0 saturated heterocycles. The molecule has 1 aliphatic heterocycles. The van der Waals surface area contributed by atoms with Crippen molar-refractivity contribution in [2.75, 3.05) is 24.9 Å². The lowest BCUT2D eigenvalue weighted by molar-refractivity contribution is -0.116. The largest absolute Gasteiger partial charge is 0.503 e. The van der Waals surface area contributed by atoms with Gasteiger partial charge in [-0.25, -0.2) is 0 Å². The third kappa shape index (κ3) is 4.01. The van der Waals surface area contributed by atoms with Crippen LogP contribution in [0.2, 0.25) is 0 Å². The van der Waals surface area contributed by atoms with Gasteiger partial charge in [0, 0.05) is 17.7 Å². The maximum Gasteiger partial charge on any atom is 0.172 e. The van der Waals surface area contributed by atoms with Crippen LogP contribution in [0.1, 0.15) is 35.9 Å². The quantitative estimate of drug-likeness (QED) is 0.382. The molecule has 1 heterocycles. The molecule has 0 saturated carbocycles. The van der Waals surface area contributed by atoms with E-state index >= 15 is 0 Å². The van der Waals surface area contributed by atoms with Crippen LogP contribution >= 0.6 is 15.9 Å². The minimum absolute atomic E-state index is 0.0298. The predicted molar refractivity (Wildman–Crippen MR) is 136 cm³/mol. The average Bonchev–Trinajstić information content (AvgIpc) is 3.02. The molecule has 1 aliphatic carbocycles. The Balaban J connectivity index is 1.61. The molecule has 2 unspecified atom stereocenters. The van der Waals surface area contributed by atoms with Gasteiger partial charge in [0.1, 0.15) is 5.75 Å². The van der Waals surface area contributed by atoms with Crippen LogP contribution in [0.3, 0.4) is 0 Å². The Kier molecular flexibility index (Phi) is 5.96. The highest BCUT2D eigenvalue weighted by Gasteiger charge is 2.36. The second kappa shape index (κ2) is 9.06. The highest BCUT2D eigenvalue weighted by Crippen LogP contribution is 2.46. The van der Waals surface area contributed by atoms with Crippen molar-refractivity contribution in [2.24, 2.45) is 0 Å². The molecule has 3 aromatic carbocycles. The summed E-state index contributed by atoms with van der Waals surface area (Å²) in [6.45, 7) is 0. The van der Waals surface area contributed by atoms with E-state index in [0.29, 0.717) is 28.6 Å².